The predicted octanol–water partition coefficient (Wildman–Crippen LogP) is 7.03. The molecule has 3 fully saturated rings. The van der Waals surface area contributed by atoms with Crippen molar-refractivity contribution in [2.45, 2.75) is 75.4 Å². The van der Waals surface area contributed by atoms with Gasteiger partial charge in [0.15, 0.2) is 0 Å². The van der Waals surface area contributed by atoms with Gasteiger partial charge in [-0.05, 0) is 106 Å². The molecule has 0 spiro atoms. The standard InChI is InChI=1S/C39H38F5N7O4S/c1-49-34-24(15-23(40)16-30(34)51(38(49)55)29-9-10-33(52)48-36(29)54)21-11-13-50(14-12-21)19-20-5-7-22(8-6-20)37-47-28-17-25(41)27(18-31(28)56-37)46-35(53)26-3-2-4-32(45-26)39(42,43)44/h2-4,15-18,20-22,29H,5-14,19H2,1H3,(H,46,53)(H,48,52,54). The van der Waals surface area contributed by atoms with Gasteiger partial charge in [-0.1, -0.05) is 6.07 Å². The summed E-state index contributed by atoms with van der Waals surface area (Å²) in [6, 6.07) is 7.55. The summed E-state index contributed by atoms with van der Waals surface area (Å²) < 4.78 is 72.8. The number of aryl methyl sites for hydroxylation is 1. The number of benzene rings is 2. The van der Waals surface area contributed by atoms with Crippen LogP contribution in [-0.4, -0.2) is 61.4 Å². The first-order chi connectivity index (χ1) is 26.7. The zero-order valence-corrected chi connectivity index (χ0v) is 31.1. The molecule has 8 rings (SSSR count). The van der Waals surface area contributed by atoms with E-state index in [2.05, 4.69) is 20.5 Å². The Bertz CT molecular complexity index is 2430. The third-order valence-electron chi connectivity index (χ3n) is 11.4. The molecular weight excluding hydrogens is 758 g/mol. The number of carbonyl (C=O) groups excluding carboxylic acids is 3. The normalized spacial score (nSPS) is 21.5. The van der Waals surface area contributed by atoms with Gasteiger partial charge in [-0.15, -0.1) is 11.3 Å². The van der Waals surface area contributed by atoms with Crippen LogP contribution in [0.25, 0.3) is 21.3 Å². The molecule has 2 aliphatic heterocycles. The number of nitrogens with zero attached hydrogens (tertiary/aromatic N) is 5. The largest absolute Gasteiger partial charge is 0.433 e. The number of thiazole rings is 1. The average Bonchev–Trinajstić information content (AvgIpc) is 3.68. The van der Waals surface area contributed by atoms with Crippen molar-refractivity contribution in [1.29, 1.82) is 0 Å². The lowest BCUT2D eigenvalue weighted by Crippen LogP contribution is -2.44. The number of imidazole rings is 1. The fourth-order valence-corrected chi connectivity index (χ4v) is 9.74. The topological polar surface area (TPSA) is 131 Å². The number of piperidine rings is 2. The maximum absolute atomic E-state index is 15.1. The number of amides is 3. The molecule has 1 atom stereocenters. The maximum Gasteiger partial charge on any atom is 0.433 e. The van der Waals surface area contributed by atoms with E-state index in [1.165, 1.54) is 44.7 Å². The van der Waals surface area contributed by atoms with Crippen LogP contribution in [0, 0.1) is 17.6 Å². The molecule has 5 heterocycles. The Kier molecular flexibility index (Phi) is 10.0. The van der Waals surface area contributed by atoms with Crippen molar-refractivity contribution in [2.75, 3.05) is 25.0 Å². The van der Waals surface area contributed by atoms with Gasteiger partial charge in [-0.2, -0.15) is 13.2 Å². The Hall–Kier alpha value is -5.03. The number of anilines is 1. The summed E-state index contributed by atoms with van der Waals surface area (Å²) in [6.45, 7) is 2.56. The van der Waals surface area contributed by atoms with Gasteiger partial charge in [0.2, 0.25) is 11.8 Å². The van der Waals surface area contributed by atoms with Crippen LogP contribution in [0.3, 0.4) is 0 Å². The van der Waals surface area contributed by atoms with Crippen molar-refractivity contribution in [1.82, 2.24) is 29.3 Å². The first kappa shape index (κ1) is 37.9. The number of aromatic nitrogens is 4. The Balaban J connectivity index is 0.878. The molecule has 11 nitrogen and oxygen atoms in total. The number of nitrogens with one attached hydrogen (secondary N) is 2. The van der Waals surface area contributed by atoms with Crippen LogP contribution in [0.15, 0.2) is 47.3 Å². The fourth-order valence-electron chi connectivity index (χ4n) is 8.58. The summed E-state index contributed by atoms with van der Waals surface area (Å²) in [5.74, 6) is -2.44. The molecule has 1 unspecified atom stereocenters. The number of fused-ring (bicyclic) bond motifs is 2. The molecule has 3 aliphatic rings. The van der Waals surface area contributed by atoms with Gasteiger partial charge in [0.1, 0.15) is 29.1 Å². The van der Waals surface area contributed by atoms with Crippen molar-refractivity contribution in [2.24, 2.45) is 13.0 Å². The molecule has 1 aliphatic carbocycles. The van der Waals surface area contributed by atoms with E-state index in [0.29, 0.717) is 27.2 Å². The van der Waals surface area contributed by atoms with Crippen LogP contribution < -0.4 is 16.3 Å². The van der Waals surface area contributed by atoms with E-state index in [9.17, 15) is 32.3 Å². The number of pyridine rings is 1. The Labute approximate surface area is 320 Å². The van der Waals surface area contributed by atoms with E-state index < -0.39 is 52.7 Å². The molecule has 2 aromatic carbocycles. The van der Waals surface area contributed by atoms with E-state index in [1.54, 1.807) is 7.05 Å². The summed E-state index contributed by atoms with van der Waals surface area (Å²) in [5, 5.41) is 5.52. The fraction of sp³-hybridized carbons (Fsp3) is 0.436. The number of hydrogen-bond donors (Lipinski definition) is 2. The lowest BCUT2D eigenvalue weighted by molar-refractivity contribution is -0.141. The molecule has 17 heteroatoms. The van der Waals surface area contributed by atoms with Crippen LogP contribution in [0.1, 0.15) is 96.0 Å². The summed E-state index contributed by atoms with van der Waals surface area (Å²) in [6.07, 6.45) is 0.916. The maximum atomic E-state index is 15.1. The van der Waals surface area contributed by atoms with E-state index in [4.69, 9.17) is 4.98 Å². The average molecular weight is 796 g/mol. The molecule has 2 N–H and O–H groups in total. The minimum Gasteiger partial charge on any atom is -0.318 e. The molecule has 3 aromatic heterocycles. The molecule has 1 saturated carbocycles. The van der Waals surface area contributed by atoms with Crippen LogP contribution >= 0.6 is 11.3 Å². The molecular formula is C39H38F5N7O4S. The lowest BCUT2D eigenvalue weighted by Gasteiger charge is -2.36. The highest BCUT2D eigenvalue weighted by Crippen LogP contribution is 2.41. The van der Waals surface area contributed by atoms with Crippen LogP contribution in [0.4, 0.5) is 27.6 Å². The number of halogens is 5. The Morgan fingerprint density at radius 1 is 0.946 bits per heavy atom. The van der Waals surface area contributed by atoms with Crippen molar-refractivity contribution >= 4 is 56.0 Å². The smallest absolute Gasteiger partial charge is 0.318 e. The highest BCUT2D eigenvalue weighted by Gasteiger charge is 2.35. The first-order valence-electron chi connectivity index (χ1n) is 18.7. The quantitative estimate of drug-likeness (QED) is 0.134. The van der Waals surface area contributed by atoms with Gasteiger partial charge in [0, 0.05) is 32.0 Å². The number of imide groups is 1. The molecule has 5 aromatic rings. The number of alkyl halides is 3. The van der Waals surface area contributed by atoms with Gasteiger partial charge < -0.3 is 10.2 Å². The predicted molar refractivity (Wildman–Crippen MR) is 198 cm³/mol. The first-order valence-corrected chi connectivity index (χ1v) is 19.5. The number of hydrogen-bond acceptors (Lipinski definition) is 8. The minimum absolute atomic E-state index is 0.0263. The zero-order valence-electron chi connectivity index (χ0n) is 30.3. The van der Waals surface area contributed by atoms with Crippen LogP contribution in [0.2, 0.25) is 0 Å². The van der Waals surface area contributed by atoms with Crippen molar-refractivity contribution in [3.63, 3.8) is 0 Å². The Morgan fingerprint density at radius 2 is 1.70 bits per heavy atom. The monoisotopic (exact) mass is 795 g/mol. The lowest BCUT2D eigenvalue weighted by atomic mass is 9.81. The third kappa shape index (κ3) is 7.33. The molecule has 2 saturated heterocycles. The minimum atomic E-state index is -4.72. The second-order valence-electron chi connectivity index (χ2n) is 15.0. The van der Waals surface area contributed by atoms with Crippen molar-refractivity contribution < 1.29 is 36.3 Å². The summed E-state index contributed by atoms with van der Waals surface area (Å²) in [4.78, 5) is 61.0. The second kappa shape index (κ2) is 14.8. The highest BCUT2D eigenvalue weighted by molar-refractivity contribution is 7.18. The summed E-state index contributed by atoms with van der Waals surface area (Å²) in [7, 11) is 1.63. The van der Waals surface area contributed by atoms with Crippen LogP contribution in [0.5, 0.6) is 0 Å². The molecule has 0 radical (unpaired) electrons. The van der Waals surface area contributed by atoms with E-state index in [1.807, 2.05) is 0 Å². The number of rotatable bonds is 7. The summed E-state index contributed by atoms with van der Waals surface area (Å²) in [5.41, 5.74) is -0.105. The Morgan fingerprint density at radius 3 is 2.41 bits per heavy atom. The van der Waals surface area contributed by atoms with Gasteiger partial charge in [0.05, 0.1) is 31.9 Å². The SMILES string of the molecule is Cn1c(=O)n(C2CCC(=O)NC2=O)c2cc(F)cc(C3CCN(CC4CCC(c5nc6cc(F)c(NC(=O)c7cccc(C(F)(F)F)n7)cc6s5)CC4)CC3)c21. The van der Waals surface area contributed by atoms with E-state index in [0.717, 1.165) is 86.9 Å². The molecule has 56 heavy (non-hydrogen) atoms. The number of likely N-dealkylation sites (tertiary alicyclic amines) is 1. The van der Waals surface area contributed by atoms with Crippen molar-refractivity contribution in [3.05, 3.63) is 86.5 Å². The van der Waals surface area contributed by atoms with Gasteiger partial charge in [0.25, 0.3) is 5.91 Å². The van der Waals surface area contributed by atoms with Gasteiger partial charge >= 0.3 is 11.9 Å². The third-order valence-corrected chi connectivity index (χ3v) is 12.6. The van der Waals surface area contributed by atoms with Crippen molar-refractivity contribution in [3.8, 4) is 0 Å². The van der Waals surface area contributed by atoms with E-state index in [-0.39, 0.29) is 36.3 Å². The van der Waals surface area contributed by atoms with Crippen LogP contribution in [-0.2, 0) is 22.8 Å². The van der Waals surface area contributed by atoms with Gasteiger partial charge in [-0.25, -0.2) is 23.5 Å². The summed E-state index contributed by atoms with van der Waals surface area (Å²) >= 11 is 1.42. The molecule has 3 amide bonds. The second-order valence-corrected chi connectivity index (χ2v) is 16.1. The highest BCUT2D eigenvalue weighted by atomic mass is 32.1. The molecule has 0 bridgehead atoms. The number of carbonyl (C=O) groups is 3. The van der Waals surface area contributed by atoms with Gasteiger partial charge in [-0.3, -0.25) is 28.8 Å². The van der Waals surface area contributed by atoms with E-state index >= 15 is 8.78 Å². The zero-order chi connectivity index (χ0) is 39.5. The molecule has 294 valence electrons.